The average molecular weight is 486 g/mol. The number of fused-ring (bicyclic) bond motifs is 1. The molecule has 0 saturated heterocycles. The first-order valence-electron chi connectivity index (χ1n) is 12.1. The fraction of sp³-hybridized carbons (Fsp3) is 0.500. The summed E-state index contributed by atoms with van der Waals surface area (Å²) in [5.41, 5.74) is 6.22. The van der Waals surface area contributed by atoms with Gasteiger partial charge in [0.05, 0.1) is 12.3 Å². The molecule has 1 amide bonds. The molecule has 2 fully saturated rings. The molecule has 0 spiro atoms. The van der Waals surface area contributed by atoms with Crippen LogP contribution in [0.4, 0.5) is 26.4 Å². The molecule has 0 bridgehead atoms. The third kappa shape index (κ3) is 4.90. The second-order valence-corrected chi connectivity index (χ2v) is 9.50. The van der Waals surface area contributed by atoms with Crippen LogP contribution in [0.2, 0.25) is 0 Å². The van der Waals surface area contributed by atoms with Crippen molar-refractivity contribution in [3.63, 3.8) is 0 Å². The fourth-order valence-electron chi connectivity index (χ4n) is 5.22. The van der Waals surface area contributed by atoms with Crippen molar-refractivity contribution < 1.29 is 18.7 Å². The number of halogens is 2. The molecule has 9 nitrogen and oxygen atoms in total. The van der Waals surface area contributed by atoms with Crippen molar-refractivity contribution in [2.45, 2.75) is 69.6 Å². The number of para-hydroxylation sites is 1. The second-order valence-electron chi connectivity index (χ2n) is 9.50. The lowest BCUT2D eigenvalue weighted by Crippen LogP contribution is -2.30. The number of aromatic nitrogens is 4. The maximum atomic E-state index is 14.4. The van der Waals surface area contributed by atoms with Crippen LogP contribution < -0.4 is 16.4 Å². The normalized spacial score (nSPS) is 24.9. The zero-order valence-corrected chi connectivity index (χ0v) is 19.3. The maximum absolute atomic E-state index is 14.4. The van der Waals surface area contributed by atoms with Gasteiger partial charge in [-0.05, 0) is 63.5 Å². The smallest absolute Gasteiger partial charge is 0.224 e. The Morgan fingerprint density at radius 2 is 1.83 bits per heavy atom. The summed E-state index contributed by atoms with van der Waals surface area (Å²) in [6.45, 7) is 0. The number of nitrogens with two attached hydrogens (primary N) is 1. The summed E-state index contributed by atoms with van der Waals surface area (Å²) in [5.74, 6) is -1.30. The van der Waals surface area contributed by atoms with E-state index in [4.69, 9.17) is 10.7 Å². The van der Waals surface area contributed by atoms with Crippen LogP contribution in [0.3, 0.4) is 0 Å². The van der Waals surface area contributed by atoms with Crippen molar-refractivity contribution in [2.24, 2.45) is 11.7 Å². The number of carbonyl (C=O) groups is 1. The van der Waals surface area contributed by atoms with Crippen molar-refractivity contribution in [1.29, 1.82) is 0 Å². The Labute approximate surface area is 201 Å². The molecule has 0 unspecified atom stereocenters. The highest BCUT2D eigenvalue weighted by atomic mass is 19.1. The van der Waals surface area contributed by atoms with E-state index in [0.29, 0.717) is 49.2 Å². The zero-order chi connectivity index (χ0) is 24.5. The molecule has 2 atom stereocenters. The molecule has 2 aliphatic rings. The minimum atomic E-state index is -0.731. The van der Waals surface area contributed by atoms with Crippen LogP contribution in [0.1, 0.15) is 57.4 Å². The van der Waals surface area contributed by atoms with Crippen molar-refractivity contribution in [1.82, 2.24) is 19.5 Å². The Morgan fingerprint density at radius 3 is 2.51 bits per heavy atom. The fourth-order valence-corrected chi connectivity index (χ4v) is 5.22. The predicted molar refractivity (Wildman–Crippen MR) is 127 cm³/mol. The van der Waals surface area contributed by atoms with E-state index in [1.54, 1.807) is 6.20 Å². The van der Waals surface area contributed by atoms with E-state index >= 15 is 0 Å². The molecule has 3 aromatic rings. The van der Waals surface area contributed by atoms with Crippen LogP contribution in [0, 0.1) is 17.6 Å². The molecule has 11 heteroatoms. The lowest BCUT2D eigenvalue weighted by atomic mass is 9.85. The predicted octanol–water partition coefficient (Wildman–Crippen LogP) is 3.78. The third-order valence-corrected chi connectivity index (χ3v) is 7.08. The highest BCUT2D eigenvalue weighted by Gasteiger charge is 2.30. The highest BCUT2D eigenvalue weighted by molar-refractivity contribution is 5.78. The van der Waals surface area contributed by atoms with E-state index in [-0.39, 0.29) is 41.6 Å². The van der Waals surface area contributed by atoms with Crippen LogP contribution in [0.15, 0.2) is 24.4 Å². The minimum Gasteiger partial charge on any atom is -0.393 e. The number of benzene rings is 1. The number of aliphatic hydroxyl groups is 1. The van der Waals surface area contributed by atoms with Gasteiger partial charge in [0.25, 0.3) is 0 Å². The number of hydrogen-bond donors (Lipinski definition) is 4. The van der Waals surface area contributed by atoms with E-state index in [1.165, 1.54) is 18.2 Å². The maximum Gasteiger partial charge on any atom is 0.224 e. The van der Waals surface area contributed by atoms with Crippen molar-refractivity contribution in [3.05, 3.63) is 36.0 Å². The molecule has 0 radical (unpaired) electrons. The number of aliphatic hydroxyl groups excluding tert-OH is 1. The van der Waals surface area contributed by atoms with Gasteiger partial charge in [0.1, 0.15) is 22.8 Å². The Bertz CT molecular complexity index is 1210. The zero-order valence-electron chi connectivity index (χ0n) is 19.3. The molecule has 1 aromatic carbocycles. The number of carbonyl (C=O) groups excluding carboxylic acids is 1. The summed E-state index contributed by atoms with van der Waals surface area (Å²) in [6.07, 6.45) is 7.01. The number of imidazole rings is 1. The van der Waals surface area contributed by atoms with E-state index in [2.05, 4.69) is 20.6 Å². The minimum absolute atomic E-state index is 0.0590. The molecular formula is C24H29F2N7O2. The van der Waals surface area contributed by atoms with Gasteiger partial charge in [-0.1, -0.05) is 6.07 Å². The number of nitrogens with one attached hydrogen (secondary N) is 2. The van der Waals surface area contributed by atoms with E-state index in [9.17, 15) is 18.7 Å². The third-order valence-electron chi connectivity index (χ3n) is 7.08. The number of anilines is 3. The SMILES string of the molecule is NC(=O)[C@H]1CC[C@H](n2c(Nc3c(F)cccc3F)nc3cnc(N[C@@H]4CCC[C@H](O)C4)nc32)CC1. The summed E-state index contributed by atoms with van der Waals surface area (Å²) in [7, 11) is 0. The van der Waals surface area contributed by atoms with Crippen LogP contribution in [-0.2, 0) is 4.79 Å². The van der Waals surface area contributed by atoms with E-state index < -0.39 is 11.6 Å². The van der Waals surface area contributed by atoms with Gasteiger partial charge in [-0.25, -0.2) is 18.7 Å². The van der Waals surface area contributed by atoms with Gasteiger partial charge in [-0.15, -0.1) is 0 Å². The number of rotatable bonds is 6. The molecule has 2 aromatic heterocycles. The van der Waals surface area contributed by atoms with Crippen molar-refractivity contribution in [3.8, 4) is 0 Å². The summed E-state index contributed by atoms with van der Waals surface area (Å²) >= 11 is 0. The lowest BCUT2D eigenvalue weighted by Gasteiger charge is -2.29. The summed E-state index contributed by atoms with van der Waals surface area (Å²) in [6, 6.07) is 3.62. The van der Waals surface area contributed by atoms with Gasteiger partial charge in [0.2, 0.25) is 17.8 Å². The number of nitrogens with zero attached hydrogens (tertiary/aromatic N) is 4. The monoisotopic (exact) mass is 485 g/mol. The molecule has 186 valence electrons. The standard InChI is InChI=1S/C24H29F2N7O2/c25-17-5-2-6-18(26)20(17)31-24-30-19-12-28-23(29-14-3-1-4-16(34)11-14)32-22(19)33(24)15-9-7-13(8-10-15)21(27)35/h2,5-6,12-16,34H,1,3-4,7-11H2,(H2,27,35)(H,30,31)(H,28,29,32)/t13-,14-,15-,16+/m1/s1. The first-order valence-corrected chi connectivity index (χ1v) is 12.1. The highest BCUT2D eigenvalue weighted by Crippen LogP contribution is 2.37. The summed E-state index contributed by atoms with van der Waals surface area (Å²) in [5, 5.41) is 16.1. The van der Waals surface area contributed by atoms with Crippen LogP contribution in [-0.4, -0.2) is 42.7 Å². The molecule has 5 rings (SSSR count). The van der Waals surface area contributed by atoms with Crippen LogP contribution in [0.5, 0.6) is 0 Å². The topological polar surface area (TPSA) is 131 Å². The first-order chi connectivity index (χ1) is 16.9. The van der Waals surface area contributed by atoms with Gasteiger partial charge in [-0.2, -0.15) is 4.98 Å². The van der Waals surface area contributed by atoms with Crippen molar-refractivity contribution >= 4 is 34.7 Å². The first kappa shape index (κ1) is 23.4. The second kappa shape index (κ2) is 9.73. The number of hydrogen-bond acceptors (Lipinski definition) is 7. The number of amides is 1. The largest absolute Gasteiger partial charge is 0.393 e. The quantitative estimate of drug-likeness (QED) is 0.418. The van der Waals surface area contributed by atoms with Gasteiger partial charge in [0, 0.05) is 18.0 Å². The molecule has 5 N–H and O–H groups in total. The van der Waals surface area contributed by atoms with Crippen molar-refractivity contribution in [2.75, 3.05) is 10.6 Å². The Kier molecular flexibility index (Phi) is 6.50. The van der Waals surface area contributed by atoms with Gasteiger partial charge in [0.15, 0.2) is 5.65 Å². The Balaban J connectivity index is 1.51. The van der Waals surface area contributed by atoms with E-state index in [0.717, 1.165) is 19.3 Å². The summed E-state index contributed by atoms with van der Waals surface area (Å²) < 4.78 is 30.7. The average Bonchev–Trinajstić information content (AvgIpc) is 3.19. The molecule has 0 aliphatic heterocycles. The van der Waals surface area contributed by atoms with Gasteiger partial charge >= 0.3 is 0 Å². The molecule has 2 heterocycles. The Hall–Kier alpha value is -3.34. The molecular weight excluding hydrogens is 456 g/mol. The lowest BCUT2D eigenvalue weighted by molar-refractivity contribution is -0.122. The van der Waals surface area contributed by atoms with Crippen LogP contribution >= 0.6 is 0 Å². The molecule has 2 aliphatic carbocycles. The van der Waals surface area contributed by atoms with Gasteiger partial charge < -0.3 is 21.5 Å². The van der Waals surface area contributed by atoms with Crippen LogP contribution in [0.25, 0.3) is 11.2 Å². The molecule has 2 saturated carbocycles. The van der Waals surface area contributed by atoms with Gasteiger partial charge in [-0.3, -0.25) is 9.36 Å². The molecule has 35 heavy (non-hydrogen) atoms. The number of primary amides is 1. The Morgan fingerprint density at radius 1 is 1.09 bits per heavy atom. The summed E-state index contributed by atoms with van der Waals surface area (Å²) in [4.78, 5) is 25.3. The van der Waals surface area contributed by atoms with E-state index in [1.807, 2.05) is 4.57 Å².